The number of rotatable bonds is 7. The topological polar surface area (TPSA) is 95.7 Å². The summed E-state index contributed by atoms with van der Waals surface area (Å²) in [6.45, 7) is 1.09. The summed E-state index contributed by atoms with van der Waals surface area (Å²) >= 11 is 0. The number of carbonyl (C=O) groups is 1. The number of benzene rings is 1. The van der Waals surface area contributed by atoms with Crippen molar-refractivity contribution in [3.8, 4) is 0 Å². The molecule has 0 aromatic heterocycles. The van der Waals surface area contributed by atoms with Crippen molar-refractivity contribution in [3.63, 3.8) is 0 Å². The third kappa shape index (κ3) is 3.66. The first-order chi connectivity index (χ1) is 9.90. The maximum absolute atomic E-state index is 13.6. The summed E-state index contributed by atoms with van der Waals surface area (Å²) in [6, 6.07) is 2.16. The van der Waals surface area contributed by atoms with Crippen LogP contribution in [0.5, 0.6) is 0 Å². The van der Waals surface area contributed by atoms with Crippen molar-refractivity contribution in [1.29, 1.82) is 0 Å². The van der Waals surface area contributed by atoms with Crippen LogP contribution in [-0.4, -0.2) is 47.1 Å². The summed E-state index contributed by atoms with van der Waals surface area (Å²) in [5.41, 5.74) is -1.16. The lowest BCUT2D eigenvalue weighted by atomic mass is 10.1. The van der Waals surface area contributed by atoms with E-state index in [1.54, 1.807) is 0 Å². The van der Waals surface area contributed by atoms with Crippen molar-refractivity contribution in [3.05, 3.63) is 33.6 Å². The minimum Gasteiger partial charge on any atom is -0.478 e. The number of aromatic carboxylic acids is 1. The van der Waals surface area contributed by atoms with E-state index in [0.717, 1.165) is 25.0 Å². The van der Waals surface area contributed by atoms with Crippen molar-refractivity contribution >= 4 is 17.3 Å². The van der Waals surface area contributed by atoms with E-state index in [2.05, 4.69) is 10.2 Å². The minimum absolute atomic E-state index is 0.00769. The number of halogens is 1. The Kier molecular flexibility index (Phi) is 4.37. The molecule has 7 nitrogen and oxygen atoms in total. The third-order valence-electron chi connectivity index (χ3n) is 3.46. The van der Waals surface area contributed by atoms with E-state index in [4.69, 9.17) is 5.11 Å². The van der Waals surface area contributed by atoms with E-state index in [-0.39, 0.29) is 5.69 Å². The van der Waals surface area contributed by atoms with Crippen LogP contribution in [0.15, 0.2) is 12.1 Å². The highest BCUT2D eigenvalue weighted by molar-refractivity contribution is 5.90. The number of carboxylic acid groups (broad SMARTS) is 1. The molecule has 0 saturated heterocycles. The van der Waals surface area contributed by atoms with E-state index >= 15 is 0 Å². The molecule has 0 aliphatic heterocycles. The summed E-state index contributed by atoms with van der Waals surface area (Å²) < 4.78 is 13.6. The lowest BCUT2D eigenvalue weighted by Crippen LogP contribution is -2.27. The molecule has 0 unspecified atom stereocenters. The Bertz CT molecular complexity index is 575. The van der Waals surface area contributed by atoms with Crippen molar-refractivity contribution in [1.82, 2.24) is 4.90 Å². The van der Waals surface area contributed by atoms with Crippen LogP contribution in [0.3, 0.4) is 0 Å². The minimum atomic E-state index is -1.53. The molecule has 1 aliphatic rings. The van der Waals surface area contributed by atoms with E-state index in [0.29, 0.717) is 19.1 Å². The molecule has 2 rings (SSSR count). The molecular formula is C13H16FN3O4. The second-order valence-electron chi connectivity index (χ2n) is 5.05. The van der Waals surface area contributed by atoms with Crippen LogP contribution < -0.4 is 5.32 Å². The summed E-state index contributed by atoms with van der Waals surface area (Å²) in [7, 11) is 1.96. The maximum atomic E-state index is 13.6. The van der Waals surface area contributed by atoms with Gasteiger partial charge in [-0.2, -0.15) is 0 Å². The lowest BCUT2D eigenvalue weighted by Gasteiger charge is -2.16. The molecule has 0 bridgehead atoms. The Morgan fingerprint density at radius 2 is 2.24 bits per heavy atom. The van der Waals surface area contributed by atoms with Crippen molar-refractivity contribution in [2.24, 2.45) is 0 Å². The molecule has 21 heavy (non-hydrogen) atoms. The maximum Gasteiger partial charge on any atom is 0.338 e. The average molecular weight is 297 g/mol. The van der Waals surface area contributed by atoms with Crippen LogP contribution in [-0.2, 0) is 0 Å². The number of hydrogen-bond acceptors (Lipinski definition) is 5. The van der Waals surface area contributed by atoms with Crippen LogP contribution in [0.1, 0.15) is 23.2 Å². The molecular weight excluding hydrogens is 281 g/mol. The molecule has 1 aliphatic carbocycles. The predicted molar refractivity (Wildman–Crippen MR) is 74.2 cm³/mol. The largest absolute Gasteiger partial charge is 0.478 e. The van der Waals surface area contributed by atoms with Crippen LogP contribution >= 0.6 is 0 Å². The normalized spacial score (nSPS) is 14.2. The SMILES string of the molecule is CN(CCNc1cc(F)c(C(=O)O)cc1[N+](=O)[O-])C1CC1. The fourth-order valence-electron chi connectivity index (χ4n) is 2.08. The molecule has 2 N–H and O–H groups in total. The van der Waals surface area contributed by atoms with Crippen LogP contribution in [0.4, 0.5) is 15.8 Å². The second-order valence-corrected chi connectivity index (χ2v) is 5.05. The third-order valence-corrected chi connectivity index (χ3v) is 3.46. The van der Waals surface area contributed by atoms with Gasteiger partial charge in [-0.05, 0) is 19.9 Å². The van der Waals surface area contributed by atoms with E-state index < -0.39 is 28.0 Å². The monoisotopic (exact) mass is 297 g/mol. The van der Waals surface area contributed by atoms with Gasteiger partial charge in [-0.1, -0.05) is 0 Å². The van der Waals surface area contributed by atoms with Gasteiger partial charge in [0.2, 0.25) is 0 Å². The number of nitro groups is 1. The standard InChI is InChI=1S/C13H16FN3O4/c1-16(8-2-3-8)5-4-15-11-7-10(14)9(13(18)19)6-12(11)17(20)21/h6-8,15H,2-5H2,1H3,(H,18,19). The quantitative estimate of drug-likeness (QED) is 0.590. The zero-order chi connectivity index (χ0) is 15.6. The van der Waals surface area contributed by atoms with Gasteiger partial charge >= 0.3 is 5.97 Å². The number of nitro benzene ring substituents is 1. The van der Waals surface area contributed by atoms with Crippen LogP contribution in [0.2, 0.25) is 0 Å². The fraction of sp³-hybridized carbons (Fsp3) is 0.462. The van der Waals surface area contributed by atoms with Crippen LogP contribution in [0, 0.1) is 15.9 Å². The van der Waals surface area contributed by atoms with Gasteiger partial charge in [-0.25, -0.2) is 9.18 Å². The van der Waals surface area contributed by atoms with Gasteiger partial charge in [0.05, 0.1) is 4.92 Å². The van der Waals surface area contributed by atoms with Gasteiger partial charge in [-0.3, -0.25) is 10.1 Å². The van der Waals surface area contributed by atoms with Crippen LogP contribution in [0.25, 0.3) is 0 Å². The molecule has 1 fully saturated rings. The number of anilines is 1. The molecule has 1 saturated carbocycles. The molecule has 0 heterocycles. The Hall–Kier alpha value is -2.22. The molecule has 0 amide bonds. The zero-order valence-corrected chi connectivity index (χ0v) is 11.5. The number of hydrogen-bond donors (Lipinski definition) is 2. The highest BCUT2D eigenvalue weighted by atomic mass is 19.1. The summed E-state index contributed by atoms with van der Waals surface area (Å²) in [6.07, 6.45) is 2.30. The zero-order valence-electron chi connectivity index (χ0n) is 11.5. The van der Waals surface area contributed by atoms with Gasteiger partial charge in [0.1, 0.15) is 17.1 Å². The Balaban J connectivity index is 2.11. The molecule has 0 atom stereocenters. The summed E-state index contributed by atoms with van der Waals surface area (Å²) in [4.78, 5) is 23.2. The average Bonchev–Trinajstić information content (AvgIpc) is 3.22. The first-order valence-corrected chi connectivity index (χ1v) is 6.55. The Morgan fingerprint density at radius 1 is 1.57 bits per heavy atom. The number of nitrogens with zero attached hydrogens (tertiary/aromatic N) is 2. The van der Waals surface area contributed by atoms with E-state index in [1.807, 2.05) is 7.05 Å². The first-order valence-electron chi connectivity index (χ1n) is 6.55. The highest BCUT2D eigenvalue weighted by Gasteiger charge is 2.26. The highest BCUT2D eigenvalue weighted by Crippen LogP contribution is 2.28. The molecule has 1 aromatic rings. The molecule has 0 radical (unpaired) electrons. The number of carboxylic acids is 1. The van der Waals surface area contributed by atoms with Crippen molar-refractivity contribution in [2.75, 3.05) is 25.5 Å². The predicted octanol–water partition coefficient (Wildman–Crippen LogP) is 1.94. The molecule has 0 spiro atoms. The smallest absolute Gasteiger partial charge is 0.338 e. The van der Waals surface area contributed by atoms with Crippen molar-refractivity contribution < 1.29 is 19.2 Å². The van der Waals surface area contributed by atoms with Gasteiger partial charge in [-0.15, -0.1) is 0 Å². The second kappa shape index (κ2) is 6.04. The van der Waals surface area contributed by atoms with Gasteiger partial charge in [0, 0.05) is 31.3 Å². The molecule has 8 heteroatoms. The lowest BCUT2D eigenvalue weighted by molar-refractivity contribution is -0.384. The van der Waals surface area contributed by atoms with Gasteiger partial charge in [0.25, 0.3) is 5.69 Å². The fourth-order valence-corrected chi connectivity index (χ4v) is 2.08. The van der Waals surface area contributed by atoms with E-state index in [9.17, 15) is 19.3 Å². The Labute approximate surface area is 120 Å². The molecule has 114 valence electrons. The van der Waals surface area contributed by atoms with Gasteiger partial charge in [0.15, 0.2) is 0 Å². The number of nitrogens with one attached hydrogen (secondary N) is 1. The van der Waals surface area contributed by atoms with E-state index in [1.165, 1.54) is 0 Å². The summed E-state index contributed by atoms with van der Waals surface area (Å²) in [5, 5.41) is 22.6. The van der Waals surface area contributed by atoms with Crippen molar-refractivity contribution in [2.45, 2.75) is 18.9 Å². The number of likely N-dealkylation sites (N-methyl/N-ethyl adjacent to an activating group) is 1. The first kappa shape index (κ1) is 15.2. The molecule has 1 aromatic carbocycles. The van der Waals surface area contributed by atoms with Gasteiger partial charge < -0.3 is 15.3 Å². The summed E-state index contributed by atoms with van der Waals surface area (Å²) in [5.74, 6) is -2.53. The Morgan fingerprint density at radius 3 is 2.76 bits per heavy atom.